The van der Waals surface area contributed by atoms with Gasteiger partial charge in [-0.2, -0.15) is 0 Å². The molecule has 0 atom stereocenters. The van der Waals surface area contributed by atoms with E-state index < -0.39 is 17.8 Å². The highest BCUT2D eigenvalue weighted by atomic mass is 32.1. The van der Waals surface area contributed by atoms with Gasteiger partial charge in [0, 0.05) is 11.8 Å². The SMILES string of the molecule is C=C(NC(=O)c1csc(CCC)n1)C(=O)NC(=C)C(=O)OC.CC(=O)CCCCCN.CCCC(CCC)CCC. The number of esters is 1. The van der Waals surface area contributed by atoms with Gasteiger partial charge in [0.1, 0.15) is 17.2 Å². The fraction of sp³-hybridized carbons (Fsp3) is 0.645. The third-order valence-corrected chi connectivity index (χ3v) is 6.72. The first-order chi connectivity index (χ1) is 19.5. The summed E-state index contributed by atoms with van der Waals surface area (Å²) in [6.45, 7) is 18.0. The van der Waals surface area contributed by atoms with Crippen molar-refractivity contribution in [2.45, 2.75) is 112 Å². The zero-order valence-corrected chi connectivity index (χ0v) is 27.1. The van der Waals surface area contributed by atoms with Crippen LogP contribution in [0.15, 0.2) is 29.9 Å². The number of unbranched alkanes of at least 4 members (excludes halogenated alkanes) is 2. The number of ketones is 1. The molecule has 4 N–H and O–H groups in total. The van der Waals surface area contributed by atoms with Crippen LogP contribution < -0.4 is 16.4 Å². The second-order valence-corrected chi connectivity index (χ2v) is 10.7. The molecule has 0 aliphatic rings. The molecule has 0 fully saturated rings. The Morgan fingerprint density at radius 2 is 1.51 bits per heavy atom. The van der Waals surface area contributed by atoms with Crippen LogP contribution in [-0.2, 0) is 25.5 Å². The van der Waals surface area contributed by atoms with Crippen molar-refractivity contribution >= 4 is 34.9 Å². The zero-order chi connectivity index (χ0) is 31.6. The maximum Gasteiger partial charge on any atom is 0.353 e. The number of aromatic nitrogens is 1. The number of nitrogens with one attached hydrogen (secondary N) is 2. The van der Waals surface area contributed by atoms with Crippen LogP contribution >= 0.6 is 11.3 Å². The molecule has 41 heavy (non-hydrogen) atoms. The number of aryl methyl sites for hydroxylation is 1. The van der Waals surface area contributed by atoms with Gasteiger partial charge < -0.3 is 25.9 Å². The average Bonchev–Trinajstić information content (AvgIpc) is 3.41. The molecule has 1 aromatic rings. The van der Waals surface area contributed by atoms with E-state index in [0.717, 1.165) is 63.1 Å². The van der Waals surface area contributed by atoms with Crippen molar-refractivity contribution in [1.29, 1.82) is 0 Å². The summed E-state index contributed by atoms with van der Waals surface area (Å²) in [6.07, 6.45) is 14.0. The lowest BCUT2D eigenvalue weighted by Crippen LogP contribution is -2.35. The molecule has 0 unspecified atom stereocenters. The maximum atomic E-state index is 11.9. The van der Waals surface area contributed by atoms with Gasteiger partial charge in [-0.05, 0) is 45.1 Å². The number of rotatable bonds is 18. The third-order valence-electron chi connectivity index (χ3n) is 5.81. The molecule has 0 aromatic carbocycles. The number of nitrogens with two attached hydrogens (primary N) is 1. The van der Waals surface area contributed by atoms with Gasteiger partial charge in [0.15, 0.2) is 0 Å². The number of carbonyl (C=O) groups is 4. The Balaban J connectivity index is 0. The molecule has 0 bridgehead atoms. The van der Waals surface area contributed by atoms with E-state index >= 15 is 0 Å². The lowest BCUT2D eigenvalue weighted by atomic mass is 9.94. The number of carbonyl (C=O) groups excluding carboxylic acids is 4. The topological polar surface area (TPSA) is 140 Å². The fourth-order valence-corrected chi connectivity index (χ4v) is 4.62. The van der Waals surface area contributed by atoms with E-state index in [1.165, 1.54) is 49.9 Å². The van der Waals surface area contributed by atoms with E-state index in [0.29, 0.717) is 0 Å². The molecule has 0 saturated heterocycles. The van der Waals surface area contributed by atoms with Gasteiger partial charge in [-0.25, -0.2) is 9.78 Å². The first-order valence-electron chi connectivity index (χ1n) is 14.7. The summed E-state index contributed by atoms with van der Waals surface area (Å²) in [6, 6.07) is 0. The number of thiazole rings is 1. The maximum absolute atomic E-state index is 11.9. The van der Waals surface area contributed by atoms with Crippen LogP contribution in [0.2, 0.25) is 0 Å². The average molecular weight is 595 g/mol. The molecule has 0 aliphatic carbocycles. The summed E-state index contributed by atoms with van der Waals surface area (Å²) in [4.78, 5) is 49.3. The predicted molar refractivity (Wildman–Crippen MR) is 168 cm³/mol. The van der Waals surface area contributed by atoms with Crippen LogP contribution in [0, 0.1) is 5.92 Å². The highest BCUT2D eigenvalue weighted by molar-refractivity contribution is 7.09. The van der Waals surface area contributed by atoms with Crippen LogP contribution in [0.1, 0.15) is 121 Å². The first kappa shape index (κ1) is 40.3. The van der Waals surface area contributed by atoms with Gasteiger partial charge in [0.05, 0.1) is 17.8 Å². The molecular formula is C31H54N4O5S. The molecule has 234 valence electrons. The molecule has 0 saturated carbocycles. The van der Waals surface area contributed by atoms with Crippen LogP contribution in [0.3, 0.4) is 0 Å². The van der Waals surface area contributed by atoms with Crippen molar-refractivity contribution in [1.82, 2.24) is 15.6 Å². The normalized spacial score (nSPS) is 9.95. The smallest absolute Gasteiger partial charge is 0.353 e. The van der Waals surface area contributed by atoms with Gasteiger partial charge in [0.25, 0.3) is 11.8 Å². The van der Waals surface area contributed by atoms with E-state index in [2.05, 4.69) is 54.3 Å². The van der Waals surface area contributed by atoms with Crippen molar-refractivity contribution in [3.05, 3.63) is 40.6 Å². The van der Waals surface area contributed by atoms with Crippen LogP contribution in [0.4, 0.5) is 0 Å². The zero-order valence-electron chi connectivity index (χ0n) is 26.2. The lowest BCUT2D eigenvalue weighted by molar-refractivity contribution is -0.137. The van der Waals surface area contributed by atoms with E-state index in [1.54, 1.807) is 12.3 Å². The predicted octanol–water partition coefficient (Wildman–Crippen LogP) is 6.24. The Kier molecular flexibility index (Phi) is 25.6. The van der Waals surface area contributed by atoms with Crippen LogP contribution in [-0.4, -0.2) is 42.2 Å². The molecule has 0 aliphatic heterocycles. The van der Waals surface area contributed by atoms with E-state index in [9.17, 15) is 19.2 Å². The Morgan fingerprint density at radius 3 is 1.98 bits per heavy atom. The summed E-state index contributed by atoms with van der Waals surface area (Å²) < 4.78 is 4.39. The number of methoxy groups -OCH3 is 1. The van der Waals surface area contributed by atoms with Gasteiger partial charge >= 0.3 is 5.97 Å². The van der Waals surface area contributed by atoms with E-state index in [-0.39, 0.29) is 22.9 Å². The number of hydrogen-bond acceptors (Lipinski definition) is 8. The first-order valence-corrected chi connectivity index (χ1v) is 15.6. The lowest BCUT2D eigenvalue weighted by Gasteiger charge is -2.12. The summed E-state index contributed by atoms with van der Waals surface area (Å²) >= 11 is 1.38. The molecule has 0 spiro atoms. The van der Waals surface area contributed by atoms with Crippen molar-refractivity contribution in [3.63, 3.8) is 0 Å². The van der Waals surface area contributed by atoms with Crippen molar-refractivity contribution in [3.8, 4) is 0 Å². The fourth-order valence-electron chi connectivity index (χ4n) is 3.74. The third kappa shape index (κ3) is 21.6. The number of nitrogens with zero attached hydrogens (tertiary/aromatic N) is 1. The second kappa shape index (κ2) is 26.1. The molecule has 2 amide bonds. The number of Topliss-reactive ketones (excluding diaryl/α,β-unsaturated/α-hetero) is 1. The van der Waals surface area contributed by atoms with E-state index in [4.69, 9.17) is 5.73 Å². The van der Waals surface area contributed by atoms with Crippen molar-refractivity contribution in [2.24, 2.45) is 11.7 Å². The molecular weight excluding hydrogens is 540 g/mol. The monoisotopic (exact) mass is 594 g/mol. The number of amides is 2. The Labute approximate surface area is 251 Å². The molecule has 1 rings (SSSR count). The quantitative estimate of drug-likeness (QED) is 0.104. The van der Waals surface area contributed by atoms with Crippen LogP contribution in [0.25, 0.3) is 0 Å². The minimum Gasteiger partial charge on any atom is -0.464 e. The minimum absolute atomic E-state index is 0.217. The Hall–Kier alpha value is -2.85. The van der Waals surface area contributed by atoms with Crippen LogP contribution in [0.5, 0.6) is 0 Å². The number of hydrogen-bond donors (Lipinski definition) is 3. The number of ether oxygens (including phenoxy) is 1. The van der Waals surface area contributed by atoms with Gasteiger partial charge in [-0.1, -0.05) is 85.8 Å². The summed E-state index contributed by atoms with van der Waals surface area (Å²) in [5.74, 6) is -0.765. The largest absolute Gasteiger partial charge is 0.464 e. The standard InChI is InChI=1S/C14H17N3O4S.C10H22.C7H15NO/c1-5-6-11-17-10(7-22-11)13(19)15-8(2)12(18)16-9(3)14(20)21-4;1-4-7-10(8-5-2)9-6-3;1-7(9)5-3-2-4-6-8/h7H,2-3,5-6H2,1,4H3,(H,15,19)(H,16,18);10H,4-9H2,1-3H3;2-6,8H2,1H3. The second-order valence-electron chi connectivity index (χ2n) is 9.77. The summed E-state index contributed by atoms with van der Waals surface area (Å²) in [5.41, 5.74) is 5.01. The van der Waals surface area contributed by atoms with Gasteiger partial charge in [0.2, 0.25) is 0 Å². The van der Waals surface area contributed by atoms with Gasteiger partial charge in [-0.3, -0.25) is 9.59 Å². The van der Waals surface area contributed by atoms with E-state index in [1.807, 2.05) is 6.92 Å². The molecule has 1 aromatic heterocycles. The Morgan fingerprint density at radius 1 is 0.927 bits per heavy atom. The highest BCUT2D eigenvalue weighted by Gasteiger charge is 2.17. The summed E-state index contributed by atoms with van der Waals surface area (Å²) in [7, 11) is 1.16. The van der Waals surface area contributed by atoms with Crippen molar-refractivity contribution in [2.75, 3.05) is 13.7 Å². The highest BCUT2D eigenvalue weighted by Crippen LogP contribution is 2.18. The van der Waals surface area contributed by atoms with Gasteiger partial charge in [-0.15, -0.1) is 11.3 Å². The molecule has 10 heteroatoms. The Bertz CT molecular complexity index is 915. The molecule has 0 radical (unpaired) electrons. The molecule has 1 heterocycles. The van der Waals surface area contributed by atoms with Crippen molar-refractivity contribution < 1.29 is 23.9 Å². The molecule has 9 nitrogen and oxygen atoms in total. The summed E-state index contributed by atoms with van der Waals surface area (Å²) in [5, 5.41) is 6.95. The minimum atomic E-state index is -0.781.